The molecule has 2 aliphatic rings. The van der Waals surface area contributed by atoms with Gasteiger partial charge in [-0.25, -0.2) is 9.07 Å². The van der Waals surface area contributed by atoms with E-state index in [0.29, 0.717) is 23.7 Å². The molecule has 2 aromatic carbocycles. The Bertz CT molecular complexity index is 1290. The number of nitrogens with zero attached hydrogens (tertiary/aromatic N) is 6. The van der Waals surface area contributed by atoms with Crippen molar-refractivity contribution in [3.63, 3.8) is 0 Å². The molecule has 1 fully saturated rings. The largest absolute Gasteiger partial charge is 0.468 e. The van der Waals surface area contributed by atoms with Crippen LogP contribution in [-0.4, -0.2) is 63.0 Å². The van der Waals surface area contributed by atoms with E-state index in [2.05, 4.69) is 25.3 Å². The topological polar surface area (TPSA) is 81.7 Å². The fraction of sp³-hybridized carbons (Fsp3) is 0.320. The summed E-state index contributed by atoms with van der Waals surface area (Å²) in [5.41, 5.74) is 1.53. The van der Waals surface area contributed by atoms with Gasteiger partial charge < -0.3 is 13.9 Å². The smallest absolute Gasteiger partial charge is 0.231 e. The lowest BCUT2D eigenvalue weighted by Crippen LogP contribution is -2.48. The minimum atomic E-state index is -0.411. The van der Waals surface area contributed by atoms with Gasteiger partial charge in [0, 0.05) is 31.7 Å². The first-order valence-corrected chi connectivity index (χ1v) is 11.6. The third-order valence-electron chi connectivity index (χ3n) is 6.50. The molecule has 0 N–H and O–H groups in total. The number of furan rings is 1. The van der Waals surface area contributed by atoms with Crippen LogP contribution < -0.4 is 9.47 Å². The van der Waals surface area contributed by atoms with Gasteiger partial charge in [-0.1, -0.05) is 24.3 Å². The predicted octanol–water partition coefficient (Wildman–Crippen LogP) is 3.09. The normalized spacial score (nSPS) is 17.1. The van der Waals surface area contributed by atoms with E-state index < -0.39 is 6.04 Å². The van der Waals surface area contributed by atoms with Crippen molar-refractivity contribution in [2.75, 3.05) is 33.0 Å². The van der Waals surface area contributed by atoms with Crippen LogP contribution in [-0.2, 0) is 13.1 Å². The van der Waals surface area contributed by atoms with Gasteiger partial charge in [0.15, 0.2) is 17.3 Å². The Hall–Kier alpha value is -3.76. The van der Waals surface area contributed by atoms with Crippen LogP contribution in [0.4, 0.5) is 4.39 Å². The number of fused-ring (bicyclic) bond motifs is 1. The predicted molar refractivity (Wildman–Crippen MR) is 123 cm³/mol. The molecule has 6 rings (SSSR count). The molecule has 0 bridgehead atoms. The van der Waals surface area contributed by atoms with Gasteiger partial charge in [0.05, 0.1) is 19.4 Å². The maximum absolute atomic E-state index is 15.1. The molecule has 4 aromatic rings. The van der Waals surface area contributed by atoms with E-state index in [0.717, 1.165) is 49.8 Å². The second kappa shape index (κ2) is 9.47. The molecule has 9 nitrogen and oxygen atoms in total. The fourth-order valence-electron chi connectivity index (χ4n) is 4.73. The number of hydrogen-bond donors (Lipinski definition) is 0. The molecule has 0 radical (unpaired) electrons. The third-order valence-corrected chi connectivity index (χ3v) is 6.50. The minimum Gasteiger partial charge on any atom is -0.468 e. The van der Waals surface area contributed by atoms with Crippen LogP contribution in [0.3, 0.4) is 0 Å². The van der Waals surface area contributed by atoms with Crippen LogP contribution in [0.2, 0.25) is 0 Å². The van der Waals surface area contributed by atoms with Crippen LogP contribution in [0.1, 0.15) is 28.8 Å². The zero-order chi connectivity index (χ0) is 23.6. The second-order valence-electron chi connectivity index (χ2n) is 8.70. The van der Waals surface area contributed by atoms with Crippen molar-refractivity contribution < 1.29 is 18.3 Å². The number of ether oxygens (including phenoxy) is 2. The van der Waals surface area contributed by atoms with E-state index in [1.165, 1.54) is 6.07 Å². The van der Waals surface area contributed by atoms with Crippen molar-refractivity contribution in [2.24, 2.45) is 0 Å². The zero-order valence-electron chi connectivity index (χ0n) is 19.1. The maximum atomic E-state index is 15.1. The molecule has 35 heavy (non-hydrogen) atoms. The van der Waals surface area contributed by atoms with Gasteiger partial charge in [-0.2, -0.15) is 0 Å². The van der Waals surface area contributed by atoms with Gasteiger partial charge in [0.1, 0.15) is 17.6 Å². The van der Waals surface area contributed by atoms with Gasteiger partial charge >= 0.3 is 0 Å². The van der Waals surface area contributed by atoms with Crippen LogP contribution in [0, 0.1) is 5.82 Å². The summed E-state index contributed by atoms with van der Waals surface area (Å²) < 4.78 is 33.2. The summed E-state index contributed by atoms with van der Waals surface area (Å²) in [5, 5.41) is 12.6. The highest BCUT2D eigenvalue weighted by atomic mass is 19.1. The van der Waals surface area contributed by atoms with E-state index >= 15 is 4.39 Å². The molecular formula is C25H25FN6O3. The second-order valence-corrected chi connectivity index (χ2v) is 8.70. The number of benzene rings is 2. The summed E-state index contributed by atoms with van der Waals surface area (Å²) in [6, 6.07) is 16.1. The Morgan fingerprint density at radius 1 is 0.914 bits per heavy atom. The highest BCUT2D eigenvalue weighted by Gasteiger charge is 2.32. The van der Waals surface area contributed by atoms with E-state index in [9.17, 15) is 0 Å². The van der Waals surface area contributed by atoms with Gasteiger partial charge in [0.2, 0.25) is 6.79 Å². The van der Waals surface area contributed by atoms with Gasteiger partial charge in [-0.05, 0) is 46.3 Å². The summed E-state index contributed by atoms with van der Waals surface area (Å²) in [4.78, 5) is 4.59. The van der Waals surface area contributed by atoms with E-state index in [-0.39, 0.29) is 12.6 Å². The van der Waals surface area contributed by atoms with Crippen LogP contribution in [0.5, 0.6) is 11.5 Å². The molecular weight excluding hydrogens is 451 g/mol. The summed E-state index contributed by atoms with van der Waals surface area (Å²) in [7, 11) is 0. The van der Waals surface area contributed by atoms with E-state index in [1.807, 2.05) is 42.5 Å². The van der Waals surface area contributed by atoms with E-state index in [4.69, 9.17) is 13.9 Å². The van der Waals surface area contributed by atoms with E-state index in [1.54, 1.807) is 17.0 Å². The molecule has 1 atom stereocenters. The molecule has 0 saturated carbocycles. The Balaban J connectivity index is 1.27. The SMILES string of the molecule is Fc1ccccc1[C@@H](c1nnnn1Cc1ccc2c(c1)OCO2)N1CCN(Cc2ccco2)CC1. The quantitative estimate of drug-likeness (QED) is 0.403. The lowest BCUT2D eigenvalue weighted by molar-refractivity contribution is 0.0944. The highest BCUT2D eigenvalue weighted by Crippen LogP contribution is 2.34. The van der Waals surface area contributed by atoms with Crippen molar-refractivity contribution in [3.8, 4) is 11.5 Å². The first kappa shape index (κ1) is 21.8. The lowest BCUT2D eigenvalue weighted by atomic mass is 10.0. The average Bonchev–Trinajstić information content (AvgIpc) is 3.64. The Morgan fingerprint density at radius 2 is 1.77 bits per heavy atom. The maximum Gasteiger partial charge on any atom is 0.231 e. The minimum absolute atomic E-state index is 0.218. The molecule has 2 aromatic heterocycles. The first-order valence-electron chi connectivity index (χ1n) is 11.6. The summed E-state index contributed by atoms with van der Waals surface area (Å²) >= 11 is 0. The van der Waals surface area contributed by atoms with Crippen LogP contribution >= 0.6 is 0 Å². The third kappa shape index (κ3) is 4.50. The summed E-state index contributed by atoms with van der Waals surface area (Å²) in [6.45, 7) is 4.56. The Labute approximate surface area is 201 Å². The van der Waals surface area contributed by atoms with Gasteiger partial charge in [0.25, 0.3) is 0 Å². The molecule has 0 amide bonds. The molecule has 0 unspecified atom stereocenters. The standard InChI is InChI=1S/C25H25FN6O3/c26-21-6-2-1-5-20(21)24(31-11-9-30(10-12-31)16-19-4-3-13-33-19)25-27-28-29-32(25)15-18-7-8-22-23(14-18)35-17-34-22/h1-8,13-14,24H,9-12,15-17H2/t24-/m0/s1. The highest BCUT2D eigenvalue weighted by molar-refractivity contribution is 5.44. The van der Waals surface area contributed by atoms with Crippen LogP contribution in [0.25, 0.3) is 0 Å². The Morgan fingerprint density at radius 3 is 2.60 bits per heavy atom. The molecule has 180 valence electrons. The number of rotatable bonds is 7. The number of halogens is 1. The fourth-order valence-corrected chi connectivity index (χ4v) is 4.73. The number of tetrazole rings is 1. The number of aromatic nitrogens is 4. The first-order chi connectivity index (χ1) is 17.2. The van der Waals surface area contributed by atoms with Crippen molar-refractivity contribution in [2.45, 2.75) is 19.1 Å². The van der Waals surface area contributed by atoms with Crippen molar-refractivity contribution in [3.05, 3.63) is 89.4 Å². The average molecular weight is 477 g/mol. The molecule has 4 heterocycles. The molecule has 0 spiro atoms. The van der Waals surface area contributed by atoms with Crippen molar-refractivity contribution in [1.82, 2.24) is 30.0 Å². The van der Waals surface area contributed by atoms with Crippen molar-refractivity contribution in [1.29, 1.82) is 0 Å². The zero-order valence-corrected chi connectivity index (χ0v) is 19.1. The summed E-state index contributed by atoms with van der Waals surface area (Å²) in [5.74, 6) is 2.70. The molecule has 0 aliphatic carbocycles. The Kier molecular flexibility index (Phi) is 5.89. The van der Waals surface area contributed by atoms with Gasteiger partial charge in [-0.15, -0.1) is 5.10 Å². The summed E-state index contributed by atoms with van der Waals surface area (Å²) in [6.07, 6.45) is 1.69. The monoisotopic (exact) mass is 476 g/mol. The van der Waals surface area contributed by atoms with Crippen LogP contribution in [0.15, 0.2) is 65.3 Å². The number of hydrogen-bond acceptors (Lipinski definition) is 8. The lowest BCUT2D eigenvalue weighted by Gasteiger charge is -2.38. The van der Waals surface area contributed by atoms with Crippen molar-refractivity contribution >= 4 is 0 Å². The molecule has 10 heteroatoms. The molecule has 2 aliphatic heterocycles. The number of piperazine rings is 1. The molecule has 1 saturated heterocycles. The van der Waals surface area contributed by atoms with Gasteiger partial charge in [-0.3, -0.25) is 9.80 Å².